The molecule has 0 saturated carbocycles. The quantitative estimate of drug-likeness (QED) is 0.157. The molecular weight excluding hydrogens is 719 g/mol. The summed E-state index contributed by atoms with van der Waals surface area (Å²) in [6.45, 7) is 0. The number of fused-ring (bicyclic) bond motifs is 5. The standard InChI is InChI=1S/C56H37NS/c1-3-12-38(13-4-1)40-24-28-49(29-25-40)57(50-21-11-20-43(33-50)46-23-22-39-14-7-8-17-42(39)32-46)54-30-26-47(34-51(54)41-15-5-2-6-16-41)48-27-31-55-52(36-48)53-35-44-18-9-10-19-45(44)37-56(53)58-55/h1-37H. The van der Waals surface area contributed by atoms with E-state index in [9.17, 15) is 0 Å². The lowest BCUT2D eigenvalue weighted by Gasteiger charge is -2.29. The molecule has 0 atom stereocenters. The monoisotopic (exact) mass is 755 g/mol. The first kappa shape index (κ1) is 34.0. The normalized spacial score (nSPS) is 11.4. The maximum atomic E-state index is 2.42. The van der Waals surface area contributed by atoms with E-state index >= 15 is 0 Å². The smallest absolute Gasteiger partial charge is 0.0540 e. The lowest BCUT2D eigenvalue weighted by molar-refractivity contribution is 1.28. The molecule has 0 radical (unpaired) electrons. The van der Waals surface area contributed by atoms with Crippen LogP contribution in [-0.4, -0.2) is 0 Å². The van der Waals surface area contributed by atoms with Gasteiger partial charge in [-0.1, -0.05) is 158 Å². The molecule has 1 aromatic heterocycles. The minimum atomic E-state index is 1.10. The van der Waals surface area contributed by atoms with Crippen molar-refractivity contribution in [3.05, 3.63) is 224 Å². The summed E-state index contributed by atoms with van der Waals surface area (Å²) in [6.07, 6.45) is 0. The van der Waals surface area contributed by atoms with Crippen LogP contribution in [0.15, 0.2) is 224 Å². The van der Waals surface area contributed by atoms with Gasteiger partial charge in [0.25, 0.3) is 0 Å². The Morgan fingerprint density at radius 2 is 0.810 bits per heavy atom. The molecule has 272 valence electrons. The molecule has 0 aliphatic carbocycles. The van der Waals surface area contributed by atoms with Crippen LogP contribution >= 0.6 is 11.3 Å². The van der Waals surface area contributed by atoms with E-state index < -0.39 is 0 Å². The van der Waals surface area contributed by atoms with E-state index in [0.717, 1.165) is 17.1 Å². The molecular formula is C56H37NS. The van der Waals surface area contributed by atoms with Gasteiger partial charge >= 0.3 is 0 Å². The summed E-state index contributed by atoms with van der Waals surface area (Å²) in [7, 11) is 0. The van der Waals surface area contributed by atoms with Crippen molar-refractivity contribution in [2.45, 2.75) is 0 Å². The van der Waals surface area contributed by atoms with Gasteiger partial charge in [-0.25, -0.2) is 0 Å². The minimum Gasteiger partial charge on any atom is -0.310 e. The summed E-state index contributed by atoms with van der Waals surface area (Å²) in [5, 5.41) is 7.66. The Kier molecular flexibility index (Phi) is 8.42. The fourth-order valence-corrected chi connectivity index (χ4v) is 9.57. The number of hydrogen-bond acceptors (Lipinski definition) is 2. The summed E-state index contributed by atoms with van der Waals surface area (Å²) in [5.41, 5.74) is 12.8. The summed E-state index contributed by atoms with van der Waals surface area (Å²) in [4.78, 5) is 2.42. The number of thiophene rings is 1. The van der Waals surface area contributed by atoms with Gasteiger partial charge in [-0.2, -0.15) is 0 Å². The topological polar surface area (TPSA) is 3.24 Å². The average Bonchev–Trinajstić information content (AvgIpc) is 3.65. The zero-order valence-electron chi connectivity index (χ0n) is 31.7. The Labute approximate surface area is 342 Å². The maximum absolute atomic E-state index is 2.42. The fraction of sp³-hybridized carbons (Fsp3) is 0. The molecule has 0 bridgehead atoms. The SMILES string of the molecule is c1ccc(-c2ccc(N(c3cccc(-c4ccc5ccccc5c4)c3)c3ccc(-c4ccc5sc6cc7ccccc7cc6c5c4)cc3-c3ccccc3)cc2)cc1. The van der Waals surface area contributed by atoms with Crippen LogP contribution in [0.25, 0.3) is 86.2 Å². The van der Waals surface area contributed by atoms with Gasteiger partial charge < -0.3 is 4.90 Å². The highest BCUT2D eigenvalue weighted by Gasteiger charge is 2.20. The Morgan fingerprint density at radius 3 is 1.59 bits per heavy atom. The van der Waals surface area contributed by atoms with Crippen LogP contribution in [0.3, 0.4) is 0 Å². The van der Waals surface area contributed by atoms with Gasteiger partial charge in [0.15, 0.2) is 0 Å². The summed E-state index contributed by atoms with van der Waals surface area (Å²) >= 11 is 1.87. The fourth-order valence-electron chi connectivity index (χ4n) is 8.46. The third kappa shape index (κ3) is 6.21. The molecule has 11 rings (SSSR count). The number of rotatable bonds is 7. The Hall–Kier alpha value is -7.26. The molecule has 0 fully saturated rings. The van der Waals surface area contributed by atoms with Crippen LogP contribution in [0.5, 0.6) is 0 Å². The van der Waals surface area contributed by atoms with Gasteiger partial charge in [-0.3, -0.25) is 0 Å². The van der Waals surface area contributed by atoms with Gasteiger partial charge in [0.2, 0.25) is 0 Å². The molecule has 10 aromatic carbocycles. The first-order chi connectivity index (χ1) is 28.7. The van der Waals surface area contributed by atoms with Crippen molar-refractivity contribution in [1.29, 1.82) is 0 Å². The van der Waals surface area contributed by atoms with Gasteiger partial charge in [0.05, 0.1) is 5.69 Å². The molecule has 0 saturated heterocycles. The predicted molar refractivity (Wildman–Crippen MR) is 251 cm³/mol. The summed E-state index contributed by atoms with van der Waals surface area (Å²) < 4.78 is 2.64. The van der Waals surface area contributed by atoms with Crippen molar-refractivity contribution in [2.75, 3.05) is 4.90 Å². The van der Waals surface area contributed by atoms with E-state index in [-0.39, 0.29) is 0 Å². The minimum absolute atomic E-state index is 1.10. The highest BCUT2D eigenvalue weighted by atomic mass is 32.1. The van der Waals surface area contributed by atoms with Gasteiger partial charge in [-0.15, -0.1) is 11.3 Å². The number of nitrogens with zero attached hydrogens (tertiary/aromatic N) is 1. The lowest BCUT2D eigenvalue weighted by atomic mass is 9.95. The first-order valence-electron chi connectivity index (χ1n) is 19.8. The number of benzene rings is 10. The van der Waals surface area contributed by atoms with Crippen molar-refractivity contribution in [1.82, 2.24) is 0 Å². The average molecular weight is 756 g/mol. The second-order valence-corrected chi connectivity index (χ2v) is 16.1. The first-order valence-corrected chi connectivity index (χ1v) is 20.6. The van der Waals surface area contributed by atoms with Crippen molar-refractivity contribution in [2.24, 2.45) is 0 Å². The molecule has 11 aromatic rings. The molecule has 0 unspecified atom stereocenters. The molecule has 0 N–H and O–H groups in total. The molecule has 0 aliphatic rings. The second-order valence-electron chi connectivity index (χ2n) is 15.0. The summed E-state index contributed by atoms with van der Waals surface area (Å²) in [6, 6.07) is 82.1. The van der Waals surface area contributed by atoms with Crippen LogP contribution < -0.4 is 4.90 Å². The maximum Gasteiger partial charge on any atom is 0.0540 e. The third-order valence-corrected chi connectivity index (χ3v) is 12.5. The third-order valence-electron chi connectivity index (χ3n) is 11.4. The van der Waals surface area contributed by atoms with Crippen LogP contribution in [0, 0.1) is 0 Å². The van der Waals surface area contributed by atoms with E-state index in [4.69, 9.17) is 0 Å². The molecule has 0 aliphatic heterocycles. The molecule has 58 heavy (non-hydrogen) atoms. The Bertz CT molecular complexity index is 3270. The van der Waals surface area contributed by atoms with Crippen LogP contribution in [-0.2, 0) is 0 Å². The molecule has 2 heteroatoms. The summed E-state index contributed by atoms with van der Waals surface area (Å²) in [5.74, 6) is 0. The van der Waals surface area contributed by atoms with Gasteiger partial charge in [0.1, 0.15) is 0 Å². The molecule has 0 spiro atoms. The zero-order valence-corrected chi connectivity index (χ0v) is 32.5. The van der Waals surface area contributed by atoms with E-state index in [1.165, 1.54) is 86.2 Å². The van der Waals surface area contributed by atoms with Gasteiger partial charge in [0, 0.05) is 37.1 Å². The van der Waals surface area contributed by atoms with E-state index in [1.807, 2.05) is 11.3 Å². The largest absolute Gasteiger partial charge is 0.310 e. The van der Waals surface area contributed by atoms with E-state index in [2.05, 4.69) is 229 Å². The Morgan fingerprint density at radius 1 is 0.276 bits per heavy atom. The van der Waals surface area contributed by atoms with Crippen molar-refractivity contribution in [3.63, 3.8) is 0 Å². The highest BCUT2D eigenvalue weighted by Crippen LogP contribution is 2.45. The van der Waals surface area contributed by atoms with Crippen molar-refractivity contribution < 1.29 is 0 Å². The second kappa shape index (κ2) is 14.4. The molecule has 1 heterocycles. The highest BCUT2D eigenvalue weighted by molar-refractivity contribution is 7.25. The van der Waals surface area contributed by atoms with Crippen molar-refractivity contribution >= 4 is 70.1 Å². The van der Waals surface area contributed by atoms with Crippen molar-refractivity contribution in [3.8, 4) is 44.5 Å². The van der Waals surface area contributed by atoms with Crippen LogP contribution in [0.2, 0.25) is 0 Å². The Balaban J connectivity index is 1.08. The zero-order chi connectivity index (χ0) is 38.4. The van der Waals surface area contributed by atoms with E-state index in [0.29, 0.717) is 0 Å². The van der Waals surface area contributed by atoms with Crippen LogP contribution in [0.1, 0.15) is 0 Å². The molecule has 1 nitrogen and oxygen atoms in total. The number of hydrogen-bond donors (Lipinski definition) is 0. The molecule has 0 amide bonds. The number of anilines is 3. The predicted octanol–water partition coefficient (Wildman–Crippen LogP) is 16.5. The van der Waals surface area contributed by atoms with Crippen LogP contribution in [0.4, 0.5) is 17.1 Å². The van der Waals surface area contributed by atoms with E-state index in [1.54, 1.807) is 0 Å². The van der Waals surface area contributed by atoms with Gasteiger partial charge in [-0.05, 0) is 127 Å². The lowest BCUT2D eigenvalue weighted by Crippen LogP contribution is -2.11.